The molecule has 0 saturated heterocycles. The number of nitrogens with zero attached hydrogens (tertiary/aromatic N) is 5. The van der Waals surface area contributed by atoms with E-state index < -0.39 is 6.36 Å². The average molecular weight is 445 g/mol. The normalized spacial score (nSPS) is 12.1. The standard InChI is InChI=1S/C22H22F3N5O2/c1-4-28-13-26-19-18(15-9-27-29(11-15)10-14(2)3)12-30(21(31)20(19)28)16-5-7-17(8-6-16)32-22(23,24)25/h5-9,11-14H,4,10H2,1-3H3. The molecule has 7 nitrogen and oxygen atoms in total. The maximum atomic E-state index is 13.3. The highest BCUT2D eigenvalue weighted by molar-refractivity contribution is 5.91. The van der Waals surface area contributed by atoms with Crippen molar-refractivity contribution in [2.24, 2.45) is 5.92 Å². The number of imidazole rings is 1. The number of aromatic nitrogens is 5. The highest BCUT2D eigenvalue weighted by atomic mass is 19.4. The third-order valence-corrected chi connectivity index (χ3v) is 4.96. The lowest BCUT2D eigenvalue weighted by Gasteiger charge is -2.12. The number of rotatable bonds is 6. The zero-order chi connectivity index (χ0) is 23.0. The van der Waals surface area contributed by atoms with Gasteiger partial charge in [-0.25, -0.2) is 4.98 Å². The number of halogens is 3. The third-order valence-electron chi connectivity index (χ3n) is 4.96. The molecule has 168 valence electrons. The number of hydrogen-bond donors (Lipinski definition) is 0. The second kappa shape index (κ2) is 8.18. The van der Waals surface area contributed by atoms with Crippen LogP contribution >= 0.6 is 0 Å². The summed E-state index contributed by atoms with van der Waals surface area (Å²) in [6.45, 7) is 7.37. The van der Waals surface area contributed by atoms with Crippen LogP contribution in [0.2, 0.25) is 0 Å². The van der Waals surface area contributed by atoms with Crippen LogP contribution in [-0.2, 0) is 13.1 Å². The molecule has 1 aromatic carbocycles. The van der Waals surface area contributed by atoms with Crippen LogP contribution in [-0.4, -0.2) is 30.3 Å². The van der Waals surface area contributed by atoms with E-state index >= 15 is 0 Å². The van der Waals surface area contributed by atoms with Gasteiger partial charge in [-0.15, -0.1) is 13.2 Å². The van der Waals surface area contributed by atoms with E-state index in [2.05, 4.69) is 28.7 Å². The van der Waals surface area contributed by atoms with Crippen molar-refractivity contribution in [1.29, 1.82) is 0 Å². The zero-order valence-electron chi connectivity index (χ0n) is 17.8. The second-order valence-corrected chi connectivity index (χ2v) is 7.83. The predicted octanol–water partition coefficient (Wildman–Crippen LogP) is 4.63. The Morgan fingerprint density at radius 2 is 1.84 bits per heavy atom. The molecule has 0 atom stereocenters. The minimum Gasteiger partial charge on any atom is -0.406 e. The van der Waals surface area contributed by atoms with Crippen LogP contribution in [0.5, 0.6) is 5.75 Å². The van der Waals surface area contributed by atoms with E-state index in [-0.39, 0.29) is 11.3 Å². The fraction of sp³-hybridized carbons (Fsp3) is 0.318. The zero-order valence-corrected chi connectivity index (χ0v) is 17.8. The van der Waals surface area contributed by atoms with Crippen molar-refractivity contribution >= 4 is 11.0 Å². The molecule has 32 heavy (non-hydrogen) atoms. The van der Waals surface area contributed by atoms with Crippen LogP contribution < -0.4 is 10.3 Å². The first-order valence-corrected chi connectivity index (χ1v) is 10.2. The lowest BCUT2D eigenvalue weighted by molar-refractivity contribution is -0.274. The Bertz CT molecular complexity index is 1300. The van der Waals surface area contributed by atoms with Crippen LogP contribution in [0.15, 0.2) is 54.0 Å². The van der Waals surface area contributed by atoms with Gasteiger partial charge in [-0.2, -0.15) is 5.10 Å². The van der Waals surface area contributed by atoms with Gasteiger partial charge in [0.1, 0.15) is 16.8 Å². The third kappa shape index (κ3) is 4.25. The molecular weight excluding hydrogens is 423 g/mol. The van der Waals surface area contributed by atoms with E-state index in [1.54, 1.807) is 23.3 Å². The summed E-state index contributed by atoms with van der Waals surface area (Å²) in [7, 11) is 0. The van der Waals surface area contributed by atoms with Crippen molar-refractivity contribution in [3.8, 4) is 22.6 Å². The van der Waals surface area contributed by atoms with Gasteiger partial charge in [0.15, 0.2) is 0 Å². The van der Waals surface area contributed by atoms with Crippen LogP contribution in [0.3, 0.4) is 0 Å². The number of benzene rings is 1. The van der Waals surface area contributed by atoms with Gasteiger partial charge >= 0.3 is 6.36 Å². The van der Waals surface area contributed by atoms with E-state index in [9.17, 15) is 18.0 Å². The van der Waals surface area contributed by atoms with Crippen molar-refractivity contribution in [2.45, 2.75) is 40.2 Å². The SMILES string of the molecule is CCn1cnc2c(-c3cnn(CC(C)C)c3)cn(-c3ccc(OC(F)(F)F)cc3)c(=O)c21. The van der Waals surface area contributed by atoms with E-state index in [0.717, 1.165) is 12.1 Å². The van der Waals surface area contributed by atoms with E-state index in [1.807, 2.05) is 17.8 Å². The van der Waals surface area contributed by atoms with Gasteiger partial charge < -0.3 is 9.30 Å². The number of hydrogen-bond acceptors (Lipinski definition) is 4. The molecule has 3 heterocycles. The Morgan fingerprint density at radius 3 is 2.47 bits per heavy atom. The highest BCUT2D eigenvalue weighted by Gasteiger charge is 2.31. The van der Waals surface area contributed by atoms with Crippen molar-refractivity contribution in [1.82, 2.24) is 23.9 Å². The summed E-state index contributed by atoms with van der Waals surface area (Å²) in [6.07, 6.45) is 2.09. The first-order chi connectivity index (χ1) is 15.2. The Kier molecular flexibility index (Phi) is 5.53. The molecule has 0 aliphatic carbocycles. The quantitative estimate of drug-likeness (QED) is 0.434. The van der Waals surface area contributed by atoms with E-state index in [1.165, 1.54) is 28.8 Å². The summed E-state index contributed by atoms with van der Waals surface area (Å²) in [6, 6.07) is 5.17. The molecule has 4 rings (SSSR count). The molecule has 0 unspecified atom stereocenters. The lowest BCUT2D eigenvalue weighted by Crippen LogP contribution is -2.21. The average Bonchev–Trinajstić information content (AvgIpc) is 3.35. The molecule has 0 bridgehead atoms. The maximum absolute atomic E-state index is 13.3. The van der Waals surface area contributed by atoms with Crippen LogP contribution in [0, 0.1) is 5.92 Å². The van der Waals surface area contributed by atoms with Crippen molar-refractivity contribution in [3.63, 3.8) is 0 Å². The molecule has 4 aromatic rings. The Hall–Kier alpha value is -3.56. The van der Waals surface area contributed by atoms with Gasteiger partial charge in [-0.05, 0) is 37.1 Å². The van der Waals surface area contributed by atoms with Gasteiger partial charge in [-0.3, -0.25) is 14.0 Å². The second-order valence-electron chi connectivity index (χ2n) is 7.83. The number of pyridine rings is 1. The van der Waals surface area contributed by atoms with Crippen LogP contribution in [0.4, 0.5) is 13.2 Å². The van der Waals surface area contributed by atoms with E-state index in [0.29, 0.717) is 34.7 Å². The first kappa shape index (κ1) is 21.7. The van der Waals surface area contributed by atoms with Crippen LogP contribution in [0.25, 0.3) is 27.8 Å². The fourth-order valence-corrected chi connectivity index (χ4v) is 3.59. The molecule has 0 radical (unpaired) electrons. The molecule has 3 aromatic heterocycles. The number of alkyl halides is 3. The molecular formula is C22H22F3N5O2. The highest BCUT2D eigenvalue weighted by Crippen LogP contribution is 2.28. The topological polar surface area (TPSA) is 66.9 Å². The molecule has 0 N–H and O–H groups in total. The molecule has 0 amide bonds. The van der Waals surface area contributed by atoms with Gasteiger partial charge in [0, 0.05) is 42.3 Å². The lowest BCUT2D eigenvalue weighted by atomic mass is 10.1. The predicted molar refractivity (Wildman–Crippen MR) is 114 cm³/mol. The maximum Gasteiger partial charge on any atom is 0.573 e. The molecule has 0 aliphatic rings. The molecule has 10 heteroatoms. The van der Waals surface area contributed by atoms with Gasteiger partial charge in [0.05, 0.1) is 12.5 Å². The van der Waals surface area contributed by atoms with Gasteiger partial charge in [0.25, 0.3) is 5.56 Å². The summed E-state index contributed by atoms with van der Waals surface area (Å²) in [4.78, 5) is 17.7. The Balaban J connectivity index is 1.86. The minimum absolute atomic E-state index is 0.317. The summed E-state index contributed by atoms with van der Waals surface area (Å²) in [5.74, 6) is 0.0533. The molecule has 0 spiro atoms. The molecule has 0 fully saturated rings. The van der Waals surface area contributed by atoms with Crippen LogP contribution in [0.1, 0.15) is 20.8 Å². The Labute approximate surface area is 181 Å². The smallest absolute Gasteiger partial charge is 0.406 e. The minimum atomic E-state index is -4.78. The summed E-state index contributed by atoms with van der Waals surface area (Å²) < 4.78 is 46.4. The fourth-order valence-electron chi connectivity index (χ4n) is 3.59. The summed E-state index contributed by atoms with van der Waals surface area (Å²) in [5.41, 5.74) is 2.56. The van der Waals surface area contributed by atoms with E-state index in [4.69, 9.17) is 0 Å². The largest absolute Gasteiger partial charge is 0.573 e. The first-order valence-electron chi connectivity index (χ1n) is 10.2. The molecule has 0 saturated carbocycles. The summed E-state index contributed by atoms with van der Waals surface area (Å²) >= 11 is 0. The number of aryl methyl sites for hydroxylation is 1. The van der Waals surface area contributed by atoms with Crippen molar-refractivity contribution in [3.05, 3.63) is 59.5 Å². The number of fused-ring (bicyclic) bond motifs is 1. The van der Waals surface area contributed by atoms with Crippen molar-refractivity contribution in [2.75, 3.05) is 0 Å². The summed E-state index contributed by atoms with van der Waals surface area (Å²) in [5, 5.41) is 4.41. The monoisotopic (exact) mass is 445 g/mol. The van der Waals surface area contributed by atoms with Gasteiger partial charge in [-0.1, -0.05) is 13.8 Å². The van der Waals surface area contributed by atoms with Crippen molar-refractivity contribution < 1.29 is 17.9 Å². The Morgan fingerprint density at radius 1 is 1.12 bits per heavy atom. The van der Waals surface area contributed by atoms with Gasteiger partial charge in [0.2, 0.25) is 0 Å². The number of ether oxygens (including phenoxy) is 1. The molecule has 0 aliphatic heterocycles.